The molecule has 9 rings (SSSR count). The van der Waals surface area contributed by atoms with E-state index in [0.29, 0.717) is 27.5 Å². The molecule has 0 N–H and O–H groups in total. The summed E-state index contributed by atoms with van der Waals surface area (Å²) in [4.78, 5) is 0. The van der Waals surface area contributed by atoms with Crippen LogP contribution in [-0.4, -0.2) is 0 Å². The number of rotatable bonds is 4. The minimum Gasteiger partial charge on any atom is -0.456 e. The normalized spacial score (nSPS) is 15.0. The summed E-state index contributed by atoms with van der Waals surface area (Å²) in [5.41, 5.74) is 3.54. The van der Waals surface area contributed by atoms with Crippen molar-refractivity contribution in [1.82, 2.24) is 0 Å². The minimum absolute atomic E-state index is 0.0784. The molecule has 0 spiro atoms. The molecule has 8 aromatic carbocycles. The Kier molecular flexibility index (Phi) is 3.87. The molecule has 1 nitrogen and oxygen atoms in total. The maximum atomic E-state index is 9.74. The van der Waals surface area contributed by atoms with E-state index in [4.69, 9.17) is 14.0 Å². The van der Waals surface area contributed by atoms with Gasteiger partial charge in [0.25, 0.3) is 0 Å². The first-order chi connectivity index (χ1) is 26.9. The van der Waals surface area contributed by atoms with Crippen LogP contribution in [-0.2, 0) is 0 Å². The van der Waals surface area contributed by atoms with E-state index in [1.807, 2.05) is 66.7 Å². The van der Waals surface area contributed by atoms with Gasteiger partial charge in [-0.1, -0.05) is 145 Å². The molecular formula is C44H28O. The largest absolute Gasteiger partial charge is 0.456 e. The lowest BCUT2D eigenvalue weighted by Gasteiger charge is -2.18. The summed E-state index contributed by atoms with van der Waals surface area (Å²) in [5, 5.41) is 3.26. The average molecular weight is 584 g/mol. The van der Waals surface area contributed by atoms with Gasteiger partial charge >= 0.3 is 0 Å². The van der Waals surface area contributed by atoms with Crippen molar-refractivity contribution in [3.05, 3.63) is 170 Å². The molecule has 0 aliphatic heterocycles. The van der Waals surface area contributed by atoms with Crippen LogP contribution < -0.4 is 0 Å². The van der Waals surface area contributed by atoms with Crippen LogP contribution >= 0.6 is 0 Å². The first-order valence-corrected chi connectivity index (χ1v) is 14.5. The Hall–Kier alpha value is -5.92. The van der Waals surface area contributed by atoms with E-state index in [1.54, 1.807) is 36.4 Å². The molecule has 1 heteroatoms. The van der Waals surface area contributed by atoms with Crippen LogP contribution in [0, 0.1) is 0 Å². The van der Waals surface area contributed by atoms with Gasteiger partial charge in [0.05, 0.1) is 15.1 Å². The summed E-state index contributed by atoms with van der Waals surface area (Å²) in [6, 6.07) is 28.2. The molecule has 0 amide bonds. The van der Waals surface area contributed by atoms with Gasteiger partial charge in [-0.05, 0) is 90.2 Å². The van der Waals surface area contributed by atoms with Crippen molar-refractivity contribution in [2.24, 2.45) is 0 Å². The van der Waals surface area contributed by atoms with Gasteiger partial charge in [0, 0.05) is 10.8 Å². The number of hydrogen-bond donors (Lipinski definition) is 0. The zero-order valence-corrected chi connectivity index (χ0v) is 23.7. The van der Waals surface area contributed by atoms with Crippen molar-refractivity contribution in [3.8, 4) is 44.5 Å². The van der Waals surface area contributed by atoms with Gasteiger partial charge in [-0.25, -0.2) is 0 Å². The second kappa shape index (κ2) is 10.4. The summed E-state index contributed by atoms with van der Waals surface area (Å²) < 4.78 is 103. The molecule has 0 bridgehead atoms. The lowest BCUT2D eigenvalue weighted by molar-refractivity contribution is 0.669. The van der Waals surface area contributed by atoms with Crippen molar-refractivity contribution in [3.63, 3.8) is 0 Å². The molecule has 0 atom stereocenters. The minimum atomic E-state index is -0.456. The summed E-state index contributed by atoms with van der Waals surface area (Å²) in [5.74, 6) is 0. The SMILES string of the molecule is [2H]c1c([2H])c([2H])c(-c2ccc(-c3c4ccccc4c(-c4c([2H])c([2H])c5oc6c([2H])c([2H])c(-c7ccccc7)c([2H])c6c5c4[2H])c4ccccc34)cc2)c([2H])c1[2H]. The molecule has 0 fully saturated rings. The number of hydrogen-bond acceptors (Lipinski definition) is 1. The maximum absolute atomic E-state index is 9.74. The van der Waals surface area contributed by atoms with Gasteiger partial charge in [-0.15, -0.1) is 0 Å². The molecule has 1 aromatic heterocycles. The van der Waals surface area contributed by atoms with Crippen molar-refractivity contribution in [2.75, 3.05) is 0 Å². The Morgan fingerprint density at radius 1 is 0.333 bits per heavy atom. The molecule has 0 saturated heterocycles. The Morgan fingerprint density at radius 3 is 1.40 bits per heavy atom. The highest BCUT2D eigenvalue weighted by atomic mass is 16.3. The van der Waals surface area contributed by atoms with Gasteiger partial charge in [-0.3, -0.25) is 0 Å². The van der Waals surface area contributed by atoms with E-state index in [9.17, 15) is 5.48 Å². The van der Waals surface area contributed by atoms with E-state index < -0.39 is 18.1 Å². The molecular weight excluding hydrogens is 544 g/mol. The highest BCUT2D eigenvalue weighted by Gasteiger charge is 2.18. The number of furan rings is 1. The summed E-state index contributed by atoms with van der Waals surface area (Å²) in [6.45, 7) is 0. The molecule has 0 aliphatic rings. The summed E-state index contributed by atoms with van der Waals surface area (Å²) in [7, 11) is 0. The molecule has 0 radical (unpaired) electrons. The fraction of sp³-hybridized carbons (Fsp3) is 0. The van der Waals surface area contributed by atoms with E-state index in [-0.39, 0.29) is 87.0 Å². The third-order valence-corrected chi connectivity index (χ3v) is 8.22. The number of fused-ring (bicyclic) bond motifs is 5. The highest BCUT2D eigenvalue weighted by Crippen LogP contribution is 2.45. The Balaban J connectivity index is 1.33. The van der Waals surface area contributed by atoms with Gasteiger partial charge in [0.15, 0.2) is 0 Å². The second-order valence-electron chi connectivity index (χ2n) is 10.8. The topological polar surface area (TPSA) is 13.1 Å². The first kappa shape index (κ1) is 16.8. The van der Waals surface area contributed by atoms with Crippen LogP contribution in [0.15, 0.2) is 174 Å². The Labute approximate surface area is 277 Å². The predicted molar refractivity (Wildman–Crippen MR) is 190 cm³/mol. The summed E-state index contributed by atoms with van der Waals surface area (Å²) >= 11 is 0. The maximum Gasteiger partial charge on any atom is 0.135 e. The fourth-order valence-corrected chi connectivity index (χ4v) is 6.18. The van der Waals surface area contributed by atoms with Gasteiger partial charge in [0.1, 0.15) is 11.2 Å². The van der Waals surface area contributed by atoms with Crippen LogP contribution in [0.3, 0.4) is 0 Å². The van der Waals surface area contributed by atoms with E-state index in [1.165, 1.54) is 0 Å². The van der Waals surface area contributed by atoms with Crippen LogP contribution in [0.2, 0.25) is 0 Å². The molecule has 45 heavy (non-hydrogen) atoms. The van der Waals surface area contributed by atoms with E-state index >= 15 is 0 Å². The quantitative estimate of drug-likeness (QED) is 0.188. The van der Waals surface area contributed by atoms with Gasteiger partial charge < -0.3 is 4.42 Å². The predicted octanol–water partition coefficient (Wildman–Crippen LogP) is 12.6. The lowest BCUT2D eigenvalue weighted by atomic mass is 9.85. The van der Waals surface area contributed by atoms with Crippen molar-refractivity contribution < 1.29 is 19.5 Å². The molecule has 0 unspecified atom stereocenters. The molecule has 0 aliphatic carbocycles. The van der Waals surface area contributed by atoms with E-state index in [2.05, 4.69) is 0 Å². The summed E-state index contributed by atoms with van der Waals surface area (Å²) in [6.07, 6.45) is 0. The van der Waals surface area contributed by atoms with Crippen LogP contribution in [0.5, 0.6) is 0 Å². The van der Waals surface area contributed by atoms with Crippen molar-refractivity contribution in [2.45, 2.75) is 0 Å². The highest BCUT2D eigenvalue weighted by molar-refractivity contribution is 6.22. The zero-order chi connectivity index (χ0) is 39.3. The van der Waals surface area contributed by atoms with Crippen molar-refractivity contribution in [1.29, 1.82) is 0 Å². The second-order valence-corrected chi connectivity index (χ2v) is 10.8. The number of benzene rings is 8. The monoisotopic (exact) mass is 583 g/mol. The van der Waals surface area contributed by atoms with Crippen molar-refractivity contribution >= 4 is 43.5 Å². The standard InChI is InChI=1S/C44H28O/c1-3-11-29(12-4-1)31-19-21-32(22-20-31)43-35-15-7-9-17-37(35)44(38-18-10-8-16-36(38)43)34-24-26-42-40(28-34)39-27-33(23-25-41(39)45-42)30-13-5-2-6-14-30/h1-28H/i1D,3D,4D,11D,12D,23D,24D,25D,26D,27D,28D. The molecule has 0 saturated carbocycles. The Morgan fingerprint density at radius 2 is 0.800 bits per heavy atom. The van der Waals surface area contributed by atoms with E-state index in [0.717, 1.165) is 21.9 Å². The third-order valence-electron chi connectivity index (χ3n) is 8.22. The zero-order valence-electron chi connectivity index (χ0n) is 34.7. The van der Waals surface area contributed by atoms with Crippen LogP contribution in [0.4, 0.5) is 0 Å². The van der Waals surface area contributed by atoms with Gasteiger partial charge in [-0.2, -0.15) is 0 Å². The third kappa shape index (κ3) is 4.24. The first-order valence-electron chi connectivity index (χ1n) is 20.0. The lowest BCUT2D eigenvalue weighted by Crippen LogP contribution is -1.91. The molecule has 9 aromatic rings. The van der Waals surface area contributed by atoms with Crippen LogP contribution in [0.25, 0.3) is 88.0 Å². The molecule has 210 valence electrons. The van der Waals surface area contributed by atoms with Gasteiger partial charge in [0.2, 0.25) is 0 Å². The van der Waals surface area contributed by atoms with Crippen LogP contribution in [0.1, 0.15) is 15.1 Å². The fourth-order valence-electron chi connectivity index (χ4n) is 6.18. The Bertz CT molecular complexity index is 3050. The average Bonchev–Trinajstić information content (AvgIpc) is 3.63. The smallest absolute Gasteiger partial charge is 0.135 e. The molecule has 1 heterocycles.